The molecule has 0 bridgehead atoms. The molecule has 0 spiro atoms. The van der Waals surface area contributed by atoms with Gasteiger partial charge in [0, 0.05) is 47.0 Å². The topological polar surface area (TPSA) is 60.5 Å². The fourth-order valence-electron chi connectivity index (χ4n) is 8.16. The van der Waals surface area contributed by atoms with Crippen LogP contribution in [0, 0.1) is 13.8 Å². The molecule has 6 nitrogen and oxygen atoms in total. The molecule has 0 saturated heterocycles. The maximum absolute atomic E-state index is 11.6. The predicted octanol–water partition coefficient (Wildman–Crippen LogP) is 8.58. The molecule has 0 N–H and O–H groups in total. The zero-order chi connectivity index (χ0) is 40.4. The van der Waals surface area contributed by atoms with Crippen LogP contribution >= 0.6 is 15.9 Å². The van der Waals surface area contributed by atoms with Gasteiger partial charge >= 0.3 is 5.97 Å². The summed E-state index contributed by atoms with van der Waals surface area (Å²) in [5.41, 5.74) is 10.1. The molecule has 8 rings (SSSR count). The number of aryl methyl sites for hydroxylation is 2. The zero-order valence-electron chi connectivity index (χ0n) is 34.0. The van der Waals surface area contributed by atoms with E-state index in [0.717, 1.165) is 11.8 Å². The number of fused-ring (bicyclic) bond motifs is 6. The van der Waals surface area contributed by atoms with Gasteiger partial charge in [-0.05, 0) is 84.5 Å². The van der Waals surface area contributed by atoms with Gasteiger partial charge in [0.25, 0.3) is 6.47 Å². The third-order valence-electron chi connectivity index (χ3n) is 11.2. The first-order valence-electron chi connectivity index (χ1n) is 19.7. The number of nitrogens with zero attached hydrogens (tertiary/aromatic N) is 2. The molecule has 6 aromatic carbocycles. The first kappa shape index (κ1) is 44.1. The third-order valence-corrected chi connectivity index (χ3v) is 11.9. The summed E-state index contributed by atoms with van der Waals surface area (Å²) in [4.78, 5) is 22.2. The molecule has 0 amide bonds. The van der Waals surface area contributed by atoms with E-state index in [1.807, 2.05) is 25.1 Å². The molecule has 300 valence electrons. The Hall–Kier alpha value is -5.05. The molecule has 7 aromatic rings. The van der Waals surface area contributed by atoms with Crippen LogP contribution in [-0.2, 0) is 42.8 Å². The predicted molar refractivity (Wildman–Crippen MR) is 238 cm³/mol. The van der Waals surface area contributed by atoms with Crippen molar-refractivity contribution in [3.8, 4) is 0 Å². The molecule has 0 fully saturated rings. The van der Waals surface area contributed by atoms with Crippen LogP contribution in [0.2, 0.25) is 0 Å². The van der Waals surface area contributed by atoms with E-state index in [2.05, 4.69) is 168 Å². The smallest absolute Gasteiger partial charge is 0.307 e. The highest BCUT2D eigenvalue weighted by molar-refractivity contribution is 9.08. The van der Waals surface area contributed by atoms with Crippen LogP contribution in [0.4, 0.5) is 5.69 Å². The number of alkyl halides is 1. The van der Waals surface area contributed by atoms with E-state index < -0.39 is 0 Å². The Labute approximate surface area is 361 Å². The summed E-state index contributed by atoms with van der Waals surface area (Å²) in [5.74, 6) is -0.137. The Morgan fingerprint density at radius 1 is 0.776 bits per heavy atom. The molecule has 1 atom stereocenters. The van der Waals surface area contributed by atoms with Gasteiger partial charge < -0.3 is 31.0 Å². The minimum Gasteiger partial charge on any atom is -1.00 e. The number of carbonyl (C=O) groups excluding carboxylic acids is 2. The van der Waals surface area contributed by atoms with Gasteiger partial charge in [0.2, 0.25) is 5.69 Å². The minimum absolute atomic E-state index is 0. The largest absolute Gasteiger partial charge is 1.00 e. The molecule has 58 heavy (non-hydrogen) atoms. The van der Waals surface area contributed by atoms with Crippen molar-refractivity contribution in [2.45, 2.75) is 64.8 Å². The average molecular weight is 905 g/mol. The maximum atomic E-state index is 11.6. The zero-order valence-corrected chi connectivity index (χ0v) is 37.2. The molecule has 1 aliphatic heterocycles. The van der Waals surface area contributed by atoms with Crippen LogP contribution in [0.25, 0.3) is 32.4 Å². The van der Waals surface area contributed by atoms with Crippen LogP contribution in [0.5, 0.6) is 0 Å². The van der Waals surface area contributed by atoms with Crippen molar-refractivity contribution < 1.29 is 40.6 Å². The second-order valence-electron chi connectivity index (χ2n) is 14.6. The minimum atomic E-state index is -0.137. The molecule has 1 aliphatic rings. The fourth-order valence-corrected chi connectivity index (χ4v) is 8.53. The van der Waals surface area contributed by atoms with Crippen molar-refractivity contribution >= 4 is 72.2 Å². The van der Waals surface area contributed by atoms with Gasteiger partial charge in [-0.3, -0.25) is 9.59 Å². The Morgan fingerprint density at radius 2 is 1.36 bits per heavy atom. The number of esters is 1. The van der Waals surface area contributed by atoms with Gasteiger partial charge in [-0.25, -0.2) is 0 Å². The van der Waals surface area contributed by atoms with Gasteiger partial charge in [-0.15, -0.1) is 0 Å². The van der Waals surface area contributed by atoms with E-state index in [0.29, 0.717) is 39.2 Å². The summed E-state index contributed by atoms with van der Waals surface area (Å²) in [7, 11) is 0. The first-order chi connectivity index (χ1) is 27.7. The van der Waals surface area contributed by atoms with Crippen LogP contribution in [0.15, 0.2) is 133 Å². The molecule has 0 saturated carbocycles. The normalized spacial score (nSPS) is 14.2. The van der Waals surface area contributed by atoms with Crippen molar-refractivity contribution in [3.05, 3.63) is 161 Å². The average Bonchev–Trinajstić information content (AvgIpc) is 3.62. The quantitative estimate of drug-likeness (QED) is 0.0430. The molecule has 1 aromatic heterocycles. The SMILES string of the molecule is BrCc1ccccc1.CC1=[N+](CCOC=O)c2ccc3ccccc3c2C1(C)Cc1ccccc1.CCOC(=O)CCn1c(C)c(C)c2c3ccccc3ccc21.[Br-]. The van der Waals surface area contributed by atoms with Crippen molar-refractivity contribution in [2.75, 3.05) is 19.8 Å². The Morgan fingerprint density at radius 3 is 1.98 bits per heavy atom. The molecule has 8 heteroatoms. The summed E-state index contributed by atoms with van der Waals surface area (Å²) in [6.07, 6.45) is 1.34. The van der Waals surface area contributed by atoms with E-state index >= 15 is 0 Å². The van der Waals surface area contributed by atoms with Crippen LogP contribution in [0.1, 0.15) is 55.1 Å². The number of hydrogen-bond donors (Lipinski definition) is 0. The summed E-state index contributed by atoms with van der Waals surface area (Å²) in [5, 5.41) is 7.32. The van der Waals surface area contributed by atoms with Gasteiger partial charge in [0.05, 0.1) is 18.4 Å². The Bertz CT molecular complexity index is 2510. The number of benzene rings is 6. The number of hydrogen-bond acceptors (Lipinski definition) is 4. The fraction of sp³-hybridized carbons (Fsp3) is 0.260. The number of ether oxygens (including phenoxy) is 2. The highest BCUT2D eigenvalue weighted by Gasteiger charge is 2.47. The van der Waals surface area contributed by atoms with Gasteiger partial charge in [-0.1, -0.05) is 131 Å². The second-order valence-corrected chi connectivity index (χ2v) is 15.2. The summed E-state index contributed by atoms with van der Waals surface area (Å²) in [6.45, 7) is 13.3. The lowest BCUT2D eigenvalue weighted by Gasteiger charge is -2.24. The second kappa shape index (κ2) is 20.6. The Kier molecular flexibility index (Phi) is 15.6. The Balaban J connectivity index is 0.000000185. The number of aromatic nitrogens is 1. The number of rotatable bonds is 11. The van der Waals surface area contributed by atoms with Gasteiger partial charge in [0.15, 0.2) is 12.3 Å². The standard InChI is InChI=1S/C24H24NO2.C19H21NO2.C7H7Br.BrH/c1-18-24(2,16-19-8-4-3-5-9-19)23-21-11-7-6-10-20(21)12-13-22(23)25(18)14-15-27-17-26;1-4-22-18(21)11-12-20-14(3)13(2)19-16-8-6-5-7-15(16)9-10-17(19)20;8-6-7-4-2-1-3-5-7;/h3-13,17H,14-16H2,1-2H3;5-10H,4,11-12H2,1-3H3;1-5H,6H2;1H/q+1;;;/p-1. The molecular formula is C50H52Br2N2O4. The van der Waals surface area contributed by atoms with E-state index in [4.69, 9.17) is 9.47 Å². The number of halogens is 2. The highest BCUT2D eigenvalue weighted by Crippen LogP contribution is 2.45. The first-order valence-corrected chi connectivity index (χ1v) is 20.8. The maximum Gasteiger partial charge on any atom is 0.307 e. The van der Waals surface area contributed by atoms with Crippen molar-refractivity contribution in [2.24, 2.45) is 0 Å². The summed E-state index contributed by atoms with van der Waals surface area (Å²) >= 11 is 3.36. The summed E-state index contributed by atoms with van der Waals surface area (Å²) in [6, 6.07) is 46.7. The number of carbonyl (C=O) groups is 2. The highest BCUT2D eigenvalue weighted by atomic mass is 79.9. The third kappa shape index (κ3) is 9.62. The van der Waals surface area contributed by atoms with Gasteiger partial charge in [0.1, 0.15) is 6.61 Å². The lowest BCUT2D eigenvalue weighted by Crippen LogP contribution is -3.00. The van der Waals surface area contributed by atoms with Crippen LogP contribution < -0.4 is 17.0 Å². The van der Waals surface area contributed by atoms with Gasteiger partial charge in [-0.2, -0.15) is 4.58 Å². The van der Waals surface area contributed by atoms with E-state index in [1.54, 1.807) is 0 Å². The molecule has 2 heterocycles. The van der Waals surface area contributed by atoms with E-state index in [-0.39, 0.29) is 28.4 Å². The van der Waals surface area contributed by atoms with Crippen molar-refractivity contribution in [1.82, 2.24) is 4.57 Å². The van der Waals surface area contributed by atoms with Crippen LogP contribution in [0.3, 0.4) is 0 Å². The molecule has 0 aliphatic carbocycles. The van der Waals surface area contributed by atoms with Crippen LogP contribution in [-0.4, -0.2) is 47.1 Å². The molecular weight excluding hydrogens is 852 g/mol. The molecule has 0 radical (unpaired) electrons. The van der Waals surface area contributed by atoms with E-state index in [1.165, 1.54) is 71.8 Å². The van der Waals surface area contributed by atoms with Crippen molar-refractivity contribution in [1.29, 1.82) is 0 Å². The lowest BCUT2D eigenvalue weighted by atomic mass is 9.73. The molecule has 1 unspecified atom stereocenters. The van der Waals surface area contributed by atoms with Crippen molar-refractivity contribution in [3.63, 3.8) is 0 Å². The van der Waals surface area contributed by atoms with E-state index in [9.17, 15) is 9.59 Å². The monoisotopic (exact) mass is 902 g/mol. The lowest BCUT2D eigenvalue weighted by molar-refractivity contribution is -0.442. The summed E-state index contributed by atoms with van der Waals surface area (Å²) < 4.78 is 14.6.